The van der Waals surface area contributed by atoms with Crippen LogP contribution in [0.1, 0.15) is 65.7 Å². The van der Waals surface area contributed by atoms with E-state index in [4.69, 9.17) is 10.5 Å². The van der Waals surface area contributed by atoms with Crippen molar-refractivity contribution in [3.63, 3.8) is 0 Å². The minimum atomic E-state index is -0.466. The van der Waals surface area contributed by atoms with Crippen molar-refractivity contribution < 1.29 is 9.53 Å². The van der Waals surface area contributed by atoms with Gasteiger partial charge in [-0.25, -0.2) is 0 Å². The molecule has 2 aliphatic carbocycles. The molecular formula is C17H32N2O2. The van der Waals surface area contributed by atoms with Crippen LogP contribution in [-0.2, 0) is 9.53 Å². The number of carbonyl (C=O) groups is 1. The van der Waals surface area contributed by atoms with Gasteiger partial charge in [0.25, 0.3) is 0 Å². The molecule has 2 rings (SSSR count). The number of primary amides is 1. The molecule has 21 heavy (non-hydrogen) atoms. The van der Waals surface area contributed by atoms with Gasteiger partial charge in [0.1, 0.15) is 5.54 Å². The lowest BCUT2D eigenvalue weighted by Crippen LogP contribution is -2.58. The summed E-state index contributed by atoms with van der Waals surface area (Å²) in [7, 11) is 0. The Kier molecular flexibility index (Phi) is 5.67. The Morgan fingerprint density at radius 3 is 2.62 bits per heavy atom. The van der Waals surface area contributed by atoms with E-state index in [9.17, 15) is 4.79 Å². The quantitative estimate of drug-likeness (QED) is 0.687. The van der Waals surface area contributed by atoms with E-state index in [1.54, 1.807) is 0 Å². The lowest BCUT2D eigenvalue weighted by Gasteiger charge is -2.34. The third-order valence-electron chi connectivity index (χ3n) is 4.97. The van der Waals surface area contributed by atoms with Crippen molar-refractivity contribution in [1.29, 1.82) is 0 Å². The zero-order valence-corrected chi connectivity index (χ0v) is 13.9. The van der Waals surface area contributed by atoms with E-state index in [0.29, 0.717) is 24.0 Å². The summed E-state index contributed by atoms with van der Waals surface area (Å²) in [5.74, 6) is 0.835. The van der Waals surface area contributed by atoms with Crippen molar-refractivity contribution in [2.45, 2.75) is 83.4 Å². The third kappa shape index (κ3) is 4.43. The Morgan fingerprint density at radius 2 is 2.05 bits per heavy atom. The summed E-state index contributed by atoms with van der Waals surface area (Å²) in [4.78, 5) is 12.1. The molecule has 3 atom stereocenters. The number of nitrogens with one attached hydrogen (secondary N) is 1. The second kappa shape index (κ2) is 7.10. The van der Waals surface area contributed by atoms with Crippen LogP contribution in [0, 0.1) is 11.8 Å². The largest absolute Gasteiger partial charge is 0.378 e. The van der Waals surface area contributed by atoms with Gasteiger partial charge in [-0.05, 0) is 57.3 Å². The lowest BCUT2D eigenvalue weighted by atomic mass is 9.84. The molecule has 3 unspecified atom stereocenters. The van der Waals surface area contributed by atoms with Crippen LogP contribution in [0.25, 0.3) is 0 Å². The number of ether oxygens (including phenoxy) is 1. The van der Waals surface area contributed by atoms with Crippen LogP contribution in [-0.4, -0.2) is 30.2 Å². The van der Waals surface area contributed by atoms with Gasteiger partial charge in [-0.2, -0.15) is 0 Å². The SMILES string of the molecule is CC(C)CC(C)OCCC1CCCC1(NC1CC1)C(N)=O. The fourth-order valence-electron chi connectivity index (χ4n) is 3.79. The van der Waals surface area contributed by atoms with Crippen LogP contribution in [0.3, 0.4) is 0 Å². The molecule has 2 aliphatic rings. The average Bonchev–Trinajstić information content (AvgIpc) is 3.09. The second-order valence-corrected chi connectivity index (χ2v) is 7.44. The average molecular weight is 296 g/mol. The molecule has 122 valence electrons. The van der Waals surface area contributed by atoms with Gasteiger partial charge in [0.05, 0.1) is 6.10 Å². The van der Waals surface area contributed by atoms with Gasteiger partial charge in [-0.3, -0.25) is 4.79 Å². The number of rotatable bonds is 9. The van der Waals surface area contributed by atoms with E-state index in [-0.39, 0.29) is 5.91 Å². The molecular weight excluding hydrogens is 264 g/mol. The van der Waals surface area contributed by atoms with Crippen LogP contribution in [0.2, 0.25) is 0 Å². The van der Waals surface area contributed by atoms with Crippen molar-refractivity contribution >= 4 is 5.91 Å². The van der Waals surface area contributed by atoms with Crippen molar-refractivity contribution in [1.82, 2.24) is 5.32 Å². The van der Waals surface area contributed by atoms with E-state index < -0.39 is 5.54 Å². The van der Waals surface area contributed by atoms with Crippen LogP contribution in [0.5, 0.6) is 0 Å². The van der Waals surface area contributed by atoms with Gasteiger partial charge in [-0.1, -0.05) is 20.3 Å². The molecule has 0 radical (unpaired) electrons. The summed E-state index contributed by atoms with van der Waals surface area (Å²) in [6.07, 6.45) is 7.76. The van der Waals surface area contributed by atoms with E-state index in [1.165, 1.54) is 12.8 Å². The number of carbonyl (C=O) groups excluding carboxylic acids is 1. The van der Waals surface area contributed by atoms with Gasteiger partial charge in [-0.15, -0.1) is 0 Å². The molecule has 4 nitrogen and oxygen atoms in total. The number of amides is 1. The minimum Gasteiger partial charge on any atom is -0.378 e. The predicted molar refractivity (Wildman–Crippen MR) is 84.9 cm³/mol. The van der Waals surface area contributed by atoms with Crippen molar-refractivity contribution in [2.24, 2.45) is 17.6 Å². The maximum absolute atomic E-state index is 12.1. The number of nitrogens with two attached hydrogens (primary N) is 1. The molecule has 0 bridgehead atoms. The standard InChI is InChI=1S/C17H32N2O2/c1-12(2)11-13(3)21-10-8-14-5-4-9-17(14,16(18)20)19-15-6-7-15/h12-15,19H,4-11H2,1-3H3,(H2,18,20). The fourth-order valence-corrected chi connectivity index (χ4v) is 3.79. The van der Waals surface area contributed by atoms with Gasteiger partial charge >= 0.3 is 0 Å². The topological polar surface area (TPSA) is 64.3 Å². The van der Waals surface area contributed by atoms with Gasteiger partial charge in [0.2, 0.25) is 5.91 Å². The summed E-state index contributed by atoms with van der Waals surface area (Å²) in [5, 5.41) is 3.56. The Hall–Kier alpha value is -0.610. The van der Waals surface area contributed by atoms with E-state index in [2.05, 4.69) is 26.1 Å². The van der Waals surface area contributed by atoms with E-state index >= 15 is 0 Å². The zero-order chi connectivity index (χ0) is 15.5. The Bertz CT molecular complexity index is 355. The highest BCUT2D eigenvalue weighted by molar-refractivity contribution is 5.85. The molecule has 0 aromatic heterocycles. The first kappa shape index (κ1) is 16.8. The first-order valence-electron chi connectivity index (χ1n) is 8.63. The maximum atomic E-state index is 12.1. The highest BCUT2D eigenvalue weighted by atomic mass is 16.5. The Morgan fingerprint density at radius 1 is 1.33 bits per heavy atom. The van der Waals surface area contributed by atoms with Crippen molar-refractivity contribution in [2.75, 3.05) is 6.61 Å². The summed E-state index contributed by atoms with van der Waals surface area (Å²) in [5.41, 5.74) is 5.29. The Balaban J connectivity index is 1.84. The smallest absolute Gasteiger partial charge is 0.238 e. The number of hydrogen-bond donors (Lipinski definition) is 2. The summed E-state index contributed by atoms with van der Waals surface area (Å²) in [6, 6.07) is 0.513. The Labute approximate surface area is 129 Å². The molecule has 0 saturated heterocycles. The highest BCUT2D eigenvalue weighted by Gasteiger charge is 2.49. The first-order valence-corrected chi connectivity index (χ1v) is 8.63. The van der Waals surface area contributed by atoms with Crippen LogP contribution in [0.15, 0.2) is 0 Å². The molecule has 0 spiro atoms. The number of hydrogen-bond acceptors (Lipinski definition) is 3. The normalized spacial score (nSPS) is 30.8. The third-order valence-corrected chi connectivity index (χ3v) is 4.97. The summed E-state index contributed by atoms with van der Waals surface area (Å²) in [6.45, 7) is 7.31. The van der Waals surface area contributed by atoms with Crippen LogP contribution in [0.4, 0.5) is 0 Å². The molecule has 0 heterocycles. The molecule has 1 amide bonds. The van der Waals surface area contributed by atoms with Crippen LogP contribution >= 0.6 is 0 Å². The molecule has 0 aromatic carbocycles. The lowest BCUT2D eigenvalue weighted by molar-refractivity contribution is -0.126. The van der Waals surface area contributed by atoms with Gasteiger partial charge in [0, 0.05) is 12.6 Å². The molecule has 4 heteroatoms. The molecule has 0 aliphatic heterocycles. The highest BCUT2D eigenvalue weighted by Crippen LogP contribution is 2.40. The summed E-state index contributed by atoms with van der Waals surface area (Å²) < 4.78 is 5.93. The molecule has 0 aromatic rings. The molecule has 2 saturated carbocycles. The van der Waals surface area contributed by atoms with Gasteiger partial charge in [0.15, 0.2) is 0 Å². The van der Waals surface area contributed by atoms with Crippen LogP contribution < -0.4 is 11.1 Å². The second-order valence-electron chi connectivity index (χ2n) is 7.44. The minimum absolute atomic E-state index is 0.160. The summed E-state index contributed by atoms with van der Waals surface area (Å²) >= 11 is 0. The van der Waals surface area contributed by atoms with Crippen molar-refractivity contribution in [3.05, 3.63) is 0 Å². The predicted octanol–water partition coefficient (Wildman–Crippen LogP) is 2.60. The monoisotopic (exact) mass is 296 g/mol. The van der Waals surface area contributed by atoms with E-state index in [1.807, 2.05) is 0 Å². The molecule has 3 N–H and O–H groups in total. The van der Waals surface area contributed by atoms with Crippen molar-refractivity contribution in [3.8, 4) is 0 Å². The maximum Gasteiger partial charge on any atom is 0.238 e. The van der Waals surface area contributed by atoms with E-state index in [0.717, 1.165) is 38.7 Å². The molecule has 2 fully saturated rings. The zero-order valence-electron chi connectivity index (χ0n) is 13.9. The first-order chi connectivity index (χ1) is 9.94. The fraction of sp³-hybridized carbons (Fsp3) is 0.941. The van der Waals surface area contributed by atoms with Gasteiger partial charge < -0.3 is 15.8 Å².